The smallest absolute Gasteiger partial charge is 0.313 e. The summed E-state index contributed by atoms with van der Waals surface area (Å²) in [4.78, 5) is 39.9. The van der Waals surface area contributed by atoms with Crippen molar-refractivity contribution in [2.45, 2.75) is 19.0 Å². The fraction of sp³-hybridized carbons (Fsp3) is 0.259. The van der Waals surface area contributed by atoms with E-state index in [2.05, 4.69) is 39.8 Å². The van der Waals surface area contributed by atoms with Crippen LogP contribution in [0.3, 0.4) is 0 Å². The van der Waals surface area contributed by atoms with E-state index >= 15 is 0 Å². The summed E-state index contributed by atoms with van der Waals surface area (Å²) in [5.74, 6) is -1.67. The summed E-state index contributed by atoms with van der Waals surface area (Å²) in [6, 6.07) is 21.9. The Balaban J connectivity index is 1.48. The van der Waals surface area contributed by atoms with Gasteiger partial charge >= 0.3 is 11.8 Å². The van der Waals surface area contributed by atoms with Crippen LogP contribution >= 0.6 is 0 Å². The molecule has 0 fully saturated rings. The second kappa shape index (κ2) is 11.0. The molecule has 1 aliphatic heterocycles. The molecule has 0 bridgehead atoms. The largest absolute Gasteiger partial charge is 0.378 e. The molecule has 9 nitrogen and oxygen atoms in total. The van der Waals surface area contributed by atoms with Crippen molar-refractivity contribution in [2.24, 2.45) is 0 Å². The van der Waals surface area contributed by atoms with Crippen LogP contribution in [0.5, 0.6) is 0 Å². The number of carbonyl (C=O) groups excluding carboxylic acids is 2. The Morgan fingerprint density at radius 2 is 1.72 bits per heavy atom. The first-order valence-electron chi connectivity index (χ1n) is 11.7. The Labute approximate surface area is 209 Å². The van der Waals surface area contributed by atoms with E-state index in [9.17, 15) is 19.7 Å². The van der Waals surface area contributed by atoms with Gasteiger partial charge in [0.2, 0.25) is 0 Å². The predicted molar refractivity (Wildman–Crippen MR) is 139 cm³/mol. The lowest BCUT2D eigenvalue weighted by atomic mass is 9.96. The van der Waals surface area contributed by atoms with Crippen LogP contribution in [0.15, 0.2) is 72.8 Å². The second-order valence-corrected chi connectivity index (χ2v) is 8.96. The number of nitro groups is 1. The fourth-order valence-electron chi connectivity index (χ4n) is 4.39. The number of anilines is 2. The Hall–Kier alpha value is -4.24. The summed E-state index contributed by atoms with van der Waals surface area (Å²) in [5.41, 5.74) is 4.72. The summed E-state index contributed by atoms with van der Waals surface area (Å²) in [7, 11) is 3.96. The Kier molecular flexibility index (Phi) is 7.60. The molecule has 3 aromatic carbocycles. The fourth-order valence-corrected chi connectivity index (χ4v) is 4.39. The molecule has 1 aliphatic rings. The number of benzene rings is 3. The molecule has 4 rings (SSSR count). The molecule has 0 aromatic heterocycles. The highest BCUT2D eigenvalue weighted by molar-refractivity contribution is 6.39. The Morgan fingerprint density at radius 3 is 2.42 bits per heavy atom. The number of amides is 2. The molecular formula is C27H29N5O4. The molecule has 1 heterocycles. The van der Waals surface area contributed by atoms with E-state index in [1.807, 2.05) is 43.3 Å². The lowest BCUT2D eigenvalue weighted by Crippen LogP contribution is -2.43. The molecule has 2 amide bonds. The number of nitro benzene ring substituents is 1. The van der Waals surface area contributed by atoms with Gasteiger partial charge in [-0.1, -0.05) is 42.5 Å². The Morgan fingerprint density at radius 1 is 1.00 bits per heavy atom. The van der Waals surface area contributed by atoms with Gasteiger partial charge in [-0.05, 0) is 41.3 Å². The van der Waals surface area contributed by atoms with Crippen molar-refractivity contribution in [1.82, 2.24) is 10.2 Å². The summed E-state index contributed by atoms with van der Waals surface area (Å²) in [5, 5.41) is 16.2. The van der Waals surface area contributed by atoms with Gasteiger partial charge in [0.25, 0.3) is 5.69 Å². The van der Waals surface area contributed by atoms with E-state index in [1.54, 1.807) is 0 Å². The maximum atomic E-state index is 12.6. The van der Waals surface area contributed by atoms with Crippen molar-refractivity contribution in [3.05, 3.63) is 99.6 Å². The minimum absolute atomic E-state index is 0.135. The number of nitrogens with one attached hydrogen (secondary N) is 2. The molecule has 36 heavy (non-hydrogen) atoms. The van der Waals surface area contributed by atoms with Gasteiger partial charge in [-0.2, -0.15) is 0 Å². The van der Waals surface area contributed by atoms with Crippen LogP contribution in [-0.2, 0) is 22.6 Å². The van der Waals surface area contributed by atoms with Gasteiger partial charge < -0.3 is 15.5 Å². The molecule has 2 N–H and O–H groups in total. The second-order valence-electron chi connectivity index (χ2n) is 8.96. The van der Waals surface area contributed by atoms with Crippen molar-refractivity contribution in [2.75, 3.05) is 37.4 Å². The first-order valence-corrected chi connectivity index (χ1v) is 11.7. The van der Waals surface area contributed by atoms with Crippen molar-refractivity contribution >= 4 is 28.9 Å². The third-order valence-electron chi connectivity index (χ3n) is 6.37. The van der Waals surface area contributed by atoms with Gasteiger partial charge in [0.05, 0.1) is 11.0 Å². The van der Waals surface area contributed by atoms with Gasteiger partial charge in [-0.25, -0.2) is 0 Å². The zero-order valence-electron chi connectivity index (χ0n) is 20.3. The van der Waals surface area contributed by atoms with Gasteiger partial charge in [0.1, 0.15) is 0 Å². The first kappa shape index (κ1) is 24.9. The van der Waals surface area contributed by atoms with E-state index in [4.69, 9.17) is 0 Å². The molecule has 0 radical (unpaired) electrons. The third-order valence-corrected chi connectivity index (χ3v) is 6.37. The van der Waals surface area contributed by atoms with Gasteiger partial charge in [0, 0.05) is 57.2 Å². The van der Waals surface area contributed by atoms with Crippen LogP contribution in [0.1, 0.15) is 22.7 Å². The predicted octanol–water partition coefficient (Wildman–Crippen LogP) is 3.52. The Bertz CT molecular complexity index is 1260. The standard InChI is InChI=1S/C27H29N5O4/c1-30(2)23-12-10-20(11-13-23)25(31-15-14-19-6-3-4-7-21(19)18-31)17-28-26(33)27(34)29-22-8-5-9-24(16-22)32(35)36/h3-13,16,25H,14-15,17-18H2,1-2H3,(H,28,33)(H,29,34)/t25-/m0/s1. The average Bonchev–Trinajstić information content (AvgIpc) is 2.89. The highest BCUT2D eigenvalue weighted by Crippen LogP contribution is 2.29. The molecule has 9 heteroatoms. The maximum Gasteiger partial charge on any atom is 0.313 e. The van der Waals surface area contributed by atoms with Gasteiger partial charge in [-0.3, -0.25) is 24.6 Å². The van der Waals surface area contributed by atoms with Crippen molar-refractivity contribution in [3.8, 4) is 0 Å². The van der Waals surface area contributed by atoms with Crippen molar-refractivity contribution < 1.29 is 14.5 Å². The van der Waals surface area contributed by atoms with E-state index in [1.165, 1.54) is 35.4 Å². The minimum atomic E-state index is -0.874. The van der Waals surface area contributed by atoms with E-state index < -0.39 is 16.7 Å². The normalized spacial score (nSPS) is 13.8. The van der Waals surface area contributed by atoms with E-state index in [-0.39, 0.29) is 24.0 Å². The number of hydrogen-bond acceptors (Lipinski definition) is 6. The quantitative estimate of drug-likeness (QED) is 0.300. The number of hydrogen-bond donors (Lipinski definition) is 2. The van der Waals surface area contributed by atoms with Gasteiger partial charge in [0.15, 0.2) is 0 Å². The average molecular weight is 488 g/mol. The lowest BCUT2D eigenvalue weighted by molar-refractivity contribution is -0.384. The van der Waals surface area contributed by atoms with Crippen LogP contribution < -0.4 is 15.5 Å². The summed E-state index contributed by atoms with van der Waals surface area (Å²) < 4.78 is 0. The minimum Gasteiger partial charge on any atom is -0.378 e. The zero-order chi connectivity index (χ0) is 25.7. The lowest BCUT2D eigenvalue weighted by Gasteiger charge is -2.36. The molecular weight excluding hydrogens is 458 g/mol. The summed E-state index contributed by atoms with van der Waals surface area (Å²) >= 11 is 0. The number of rotatable bonds is 7. The number of fused-ring (bicyclic) bond motifs is 1. The molecule has 0 saturated carbocycles. The molecule has 0 unspecified atom stereocenters. The van der Waals surface area contributed by atoms with Crippen LogP contribution in [-0.4, -0.2) is 48.8 Å². The zero-order valence-corrected chi connectivity index (χ0v) is 20.3. The summed E-state index contributed by atoms with van der Waals surface area (Å²) in [6.07, 6.45) is 0.906. The SMILES string of the molecule is CN(C)c1ccc([C@H](CNC(=O)C(=O)Nc2cccc([N+](=O)[O-])c2)N2CCc3ccccc3C2)cc1. The highest BCUT2D eigenvalue weighted by Gasteiger charge is 2.26. The topological polar surface area (TPSA) is 108 Å². The number of nitrogens with zero attached hydrogens (tertiary/aromatic N) is 3. The van der Waals surface area contributed by atoms with Crippen LogP contribution in [0.4, 0.5) is 17.1 Å². The molecule has 3 aromatic rings. The van der Waals surface area contributed by atoms with Gasteiger partial charge in [-0.15, -0.1) is 0 Å². The van der Waals surface area contributed by atoms with Crippen LogP contribution in [0.25, 0.3) is 0 Å². The van der Waals surface area contributed by atoms with Crippen LogP contribution in [0, 0.1) is 10.1 Å². The van der Waals surface area contributed by atoms with Crippen LogP contribution in [0.2, 0.25) is 0 Å². The molecule has 186 valence electrons. The number of non-ortho nitro benzene ring substituents is 1. The summed E-state index contributed by atoms with van der Waals surface area (Å²) in [6.45, 7) is 1.81. The first-order chi connectivity index (χ1) is 17.3. The number of carbonyl (C=O) groups is 2. The van der Waals surface area contributed by atoms with Crippen molar-refractivity contribution in [3.63, 3.8) is 0 Å². The monoisotopic (exact) mass is 487 g/mol. The van der Waals surface area contributed by atoms with E-state index in [0.717, 1.165) is 30.8 Å². The molecule has 0 saturated heterocycles. The molecule has 0 spiro atoms. The van der Waals surface area contributed by atoms with Crippen molar-refractivity contribution in [1.29, 1.82) is 0 Å². The van der Waals surface area contributed by atoms with E-state index in [0.29, 0.717) is 0 Å². The molecule has 1 atom stereocenters. The maximum absolute atomic E-state index is 12.6. The molecule has 0 aliphatic carbocycles. The third kappa shape index (κ3) is 5.87. The highest BCUT2D eigenvalue weighted by atomic mass is 16.6.